The standard InChI is InChI=1S/C10H23N.C6H10O4/c1-2-3-4-5-6-7-8-9-10-11;7-5(8)3-1-2-4-6(9)10/h2-11H2,1H3;1-4H2,(H,7,8)(H,9,10). The highest BCUT2D eigenvalue weighted by Gasteiger charge is 1.99. The van der Waals surface area contributed by atoms with E-state index >= 15 is 0 Å². The molecule has 0 unspecified atom stereocenters. The van der Waals surface area contributed by atoms with Gasteiger partial charge in [-0.2, -0.15) is 0 Å². The highest BCUT2D eigenvalue weighted by atomic mass is 16.4. The van der Waals surface area contributed by atoms with Gasteiger partial charge in [-0.05, 0) is 25.8 Å². The zero-order valence-corrected chi connectivity index (χ0v) is 13.5. The first-order valence-corrected chi connectivity index (χ1v) is 8.18. The Bertz CT molecular complexity index is 220. The Morgan fingerprint density at radius 2 is 1.10 bits per heavy atom. The molecule has 0 aromatic heterocycles. The van der Waals surface area contributed by atoms with E-state index in [2.05, 4.69) is 6.92 Å². The Balaban J connectivity index is 0. The van der Waals surface area contributed by atoms with Gasteiger partial charge < -0.3 is 15.9 Å². The molecule has 0 bridgehead atoms. The van der Waals surface area contributed by atoms with Crippen molar-refractivity contribution < 1.29 is 19.8 Å². The Hall–Kier alpha value is -1.10. The first-order valence-electron chi connectivity index (χ1n) is 8.18. The van der Waals surface area contributed by atoms with Crippen molar-refractivity contribution in [2.75, 3.05) is 6.54 Å². The van der Waals surface area contributed by atoms with Crippen LogP contribution in [0, 0.1) is 0 Å². The van der Waals surface area contributed by atoms with Crippen LogP contribution in [0.15, 0.2) is 0 Å². The minimum Gasteiger partial charge on any atom is -0.481 e. The summed E-state index contributed by atoms with van der Waals surface area (Å²) in [5.41, 5.74) is 5.39. The van der Waals surface area contributed by atoms with E-state index in [9.17, 15) is 9.59 Å². The van der Waals surface area contributed by atoms with Crippen LogP contribution in [0.1, 0.15) is 84.0 Å². The van der Waals surface area contributed by atoms with Crippen LogP contribution >= 0.6 is 0 Å². The molecule has 0 rings (SSSR count). The first-order chi connectivity index (χ1) is 10.0. The monoisotopic (exact) mass is 303 g/mol. The average Bonchev–Trinajstić information content (AvgIpc) is 2.43. The summed E-state index contributed by atoms with van der Waals surface area (Å²) < 4.78 is 0. The Labute approximate surface area is 128 Å². The number of nitrogens with two attached hydrogens (primary N) is 1. The van der Waals surface area contributed by atoms with Gasteiger partial charge in [0.25, 0.3) is 0 Å². The van der Waals surface area contributed by atoms with Gasteiger partial charge in [-0.1, -0.05) is 51.9 Å². The van der Waals surface area contributed by atoms with E-state index < -0.39 is 11.9 Å². The summed E-state index contributed by atoms with van der Waals surface area (Å²) in [5, 5.41) is 16.3. The molecule has 0 aliphatic heterocycles. The summed E-state index contributed by atoms with van der Waals surface area (Å²) in [6, 6.07) is 0. The number of unbranched alkanes of at least 4 members (excludes halogenated alkanes) is 8. The predicted molar refractivity (Wildman–Crippen MR) is 85.4 cm³/mol. The number of carboxylic acid groups (broad SMARTS) is 2. The van der Waals surface area contributed by atoms with E-state index in [1.165, 1.54) is 51.4 Å². The third-order valence-electron chi connectivity index (χ3n) is 3.09. The number of carbonyl (C=O) groups is 2. The van der Waals surface area contributed by atoms with Gasteiger partial charge in [-0.15, -0.1) is 0 Å². The molecular formula is C16H33NO4. The topological polar surface area (TPSA) is 101 Å². The average molecular weight is 303 g/mol. The van der Waals surface area contributed by atoms with Crippen LogP contribution in [0.5, 0.6) is 0 Å². The molecule has 0 heterocycles. The van der Waals surface area contributed by atoms with Gasteiger partial charge in [-0.3, -0.25) is 9.59 Å². The fourth-order valence-electron chi connectivity index (χ4n) is 1.83. The van der Waals surface area contributed by atoms with Gasteiger partial charge in [0.1, 0.15) is 0 Å². The van der Waals surface area contributed by atoms with Crippen molar-refractivity contribution in [2.24, 2.45) is 5.73 Å². The molecule has 0 aliphatic rings. The van der Waals surface area contributed by atoms with E-state index in [0.717, 1.165) is 6.54 Å². The molecule has 0 radical (unpaired) electrons. The van der Waals surface area contributed by atoms with Crippen LogP contribution in [0.4, 0.5) is 0 Å². The molecule has 0 fully saturated rings. The maximum atomic E-state index is 9.90. The summed E-state index contributed by atoms with van der Waals surface area (Å²) in [5.74, 6) is -1.74. The third kappa shape index (κ3) is 27.9. The quantitative estimate of drug-likeness (QED) is 0.449. The number of hydrogen-bond acceptors (Lipinski definition) is 3. The molecule has 0 spiro atoms. The lowest BCUT2D eigenvalue weighted by Gasteiger charge is -1.99. The molecule has 0 aromatic rings. The summed E-state index contributed by atoms with van der Waals surface area (Å²) >= 11 is 0. The van der Waals surface area contributed by atoms with Crippen molar-refractivity contribution in [3.05, 3.63) is 0 Å². The molecule has 4 N–H and O–H groups in total. The zero-order chi connectivity index (χ0) is 16.3. The van der Waals surface area contributed by atoms with E-state index in [1.807, 2.05) is 0 Å². The molecule has 126 valence electrons. The second kappa shape index (κ2) is 18.9. The van der Waals surface area contributed by atoms with Gasteiger partial charge >= 0.3 is 11.9 Å². The van der Waals surface area contributed by atoms with E-state index in [1.54, 1.807) is 0 Å². The molecule has 0 aromatic carbocycles. The molecule has 0 amide bonds. The van der Waals surface area contributed by atoms with Gasteiger partial charge in [0.05, 0.1) is 0 Å². The van der Waals surface area contributed by atoms with Gasteiger partial charge in [0.15, 0.2) is 0 Å². The van der Waals surface area contributed by atoms with Crippen molar-refractivity contribution in [2.45, 2.75) is 84.0 Å². The zero-order valence-electron chi connectivity index (χ0n) is 13.5. The SMILES string of the molecule is CCCCCCCCCCN.O=C(O)CCCCC(=O)O. The van der Waals surface area contributed by atoms with Crippen LogP contribution < -0.4 is 5.73 Å². The Kier molecular flexibility index (Phi) is 20.0. The number of rotatable bonds is 13. The maximum absolute atomic E-state index is 9.90. The van der Waals surface area contributed by atoms with Crippen molar-refractivity contribution >= 4 is 11.9 Å². The van der Waals surface area contributed by atoms with Gasteiger partial charge in [-0.25, -0.2) is 0 Å². The predicted octanol–water partition coefficient (Wildman–Crippen LogP) is 3.80. The Morgan fingerprint density at radius 3 is 1.43 bits per heavy atom. The molecular weight excluding hydrogens is 270 g/mol. The fraction of sp³-hybridized carbons (Fsp3) is 0.875. The van der Waals surface area contributed by atoms with Crippen molar-refractivity contribution in [1.82, 2.24) is 0 Å². The fourth-order valence-corrected chi connectivity index (χ4v) is 1.83. The minimum atomic E-state index is -0.870. The molecule has 0 atom stereocenters. The molecule has 0 aliphatic carbocycles. The largest absolute Gasteiger partial charge is 0.481 e. The van der Waals surface area contributed by atoms with Gasteiger partial charge in [0, 0.05) is 12.8 Å². The molecule has 0 saturated heterocycles. The van der Waals surface area contributed by atoms with Crippen LogP contribution in [-0.4, -0.2) is 28.7 Å². The highest BCUT2D eigenvalue weighted by Crippen LogP contribution is 2.07. The Morgan fingerprint density at radius 1 is 0.714 bits per heavy atom. The number of hydrogen-bond donors (Lipinski definition) is 3. The van der Waals surface area contributed by atoms with Crippen LogP contribution in [0.2, 0.25) is 0 Å². The number of aliphatic carboxylic acids is 2. The molecule has 21 heavy (non-hydrogen) atoms. The summed E-state index contributed by atoms with van der Waals surface area (Å²) in [6.45, 7) is 3.13. The second-order valence-corrected chi connectivity index (χ2v) is 5.26. The van der Waals surface area contributed by atoms with Crippen molar-refractivity contribution in [1.29, 1.82) is 0 Å². The normalized spacial score (nSPS) is 9.81. The first kappa shape index (κ1) is 22.2. The molecule has 5 nitrogen and oxygen atoms in total. The lowest BCUT2D eigenvalue weighted by atomic mass is 10.1. The summed E-state index contributed by atoms with van der Waals surface area (Å²) in [7, 11) is 0. The van der Waals surface area contributed by atoms with Crippen molar-refractivity contribution in [3.8, 4) is 0 Å². The van der Waals surface area contributed by atoms with E-state index in [4.69, 9.17) is 15.9 Å². The van der Waals surface area contributed by atoms with Crippen LogP contribution in [-0.2, 0) is 9.59 Å². The molecule has 0 saturated carbocycles. The van der Waals surface area contributed by atoms with Crippen molar-refractivity contribution in [3.63, 3.8) is 0 Å². The molecule has 5 heteroatoms. The summed E-state index contributed by atoms with van der Waals surface area (Å²) in [4.78, 5) is 19.8. The minimum absolute atomic E-state index is 0.0628. The lowest BCUT2D eigenvalue weighted by Crippen LogP contribution is -1.97. The highest BCUT2D eigenvalue weighted by molar-refractivity contribution is 5.67. The summed E-state index contributed by atoms with van der Waals surface area (Å²) in [6.07, 6.45) is 12.0. The van der Waals surface area contributed by atoms with Crippen LogP contribution in [0.3, 0.4) is 0 Å². The maximum Gasteiger partial charge on any atom is 0.303 e. The second-order valence-electron chi connectivity index (χ2n) is 5.26. The van der Waals surface area contributed by atoms with E-state index in [0.29, 0.717) is 12.8 Å². The van der Waals surface area contributed by atoms with E-state index in [-0.39, 0.29) is 12.8 Å². The van der Waals surface area contributed by atoms with Crippen LogP contribution in [0.25, 0.3) is 0 Å². The number of carboxylic acids is 2. The lowest BCUT2D eigenvalue weighted by molar-refractivity contribution is -0.139. The van der Waals surface area contributed by atoms with Gasteiger partial charge in [0.2, 0.25) is 0 Å². The third-order valence-corrected chi connectivity index (χ3v) is 3.09. The smallest absolute Gasteiger partial charge is 0.303 e.